The minimum Gasteiger partial charge on any atom is -0.134 e. The summed E-state index contributed by atoms with van der Waals surface area (Å²) in [5.41, 5.74) is 1.75. The second-order valence-electron chi connectivity index (χ2n) is 3.12. The van der Waals surface area contributed by atoms with Crippen LogP contribution in [0.3, 0.4) is 0 Å². The molecule has 1 aliphatic carbocycles. The van der Waals surface area contributed by atoms with Crippen LogP contribution in [0.15, 0.2) is 0 Å². The minimum absolute atomic E-state index is 0.876. The van der Waals surface area contributed by atoms with Gasteiger partial charge in [0.1, 0.15) is 0 Å². The van der Waals surface area contributed by atoms with E-state index in [-0.39, 0.29) is 0 Å². The van der Waals surface area contributed by atoms with Gasteiger partial charge >= 0.3 is 0 Å². The molecule has 1 fully saturated rings. The third-order valence-corrected chi connectivity index (χ3v) is 4.31. The molecule has 9 heavy (non-hydrogen) atoms. The Morgan fingerprint density at radius 2 is 1.56 bits per heavy atom. The van der Waals surface area contributed by atoms with Crippen LogP contribution in [0.5, 0.6) is 0 Å². The maximum Gasteiger partial charge on any atom is -0.0233 e. The average Bonchev–Trinajstić information content (AvgIpc) is 1.83. The van der Waals surface area contributed by atoms with E-state index in [4.69, 9.17) is 0 Å². The Labute approximate surface area is 62.6 Å². The molecule has 0 nitrogen and oxygen atoms in total. The lowest BCUT2D eigenvalue weighted by molar-refractivity contribution is 0.409. The molecule has 1 saturated carbocycles. The van der Waals surface area contributed by atoms with Gasteiger partial charge in [-0.15, -0.1) is 18.5 Å². The summed E-state index contributed by atoms with van der Waals surface area (Å²) in [6, 6.07) is 0. The molecule has 1 aliphatic rings. The summed E-state index contributed by atoms with van der Waals surface area (Å²) in [5, 5.41) is 0. The fourth-order valence-electron chi connectivity index (χ4n) is 1.43. The van der Waals surface area contributed by atoms with E-state index in [9.17, 15) is 0 Å². The van der Waals surface area contributed by atoms with E-state index in [1.165, 1.54) is 19.3 Å². The molecule has 0 aromatic heterocycles. The number of hydrogen-bond donors (Lipinski definition) is 0. The van der Waals surface area contributed by atoms with E-state index in [0.29, 0.717) is 0 Å². The Morgan fingerprint density at radius 1 is 1.11 bits per heavy atom. The van der Waals surface area contributed by atoms with Crippen LogP contribution in [0, 0.1) is 5.92 Å². The minimum atomic E-state index is 0.876. The Morgan fingerprint density at radius 3 is 1.89 bits per heavy atom. The topological polar surface area (TPSA) is 0 Å². The van der Waals surface area contributed by atoms with Crippen molar-refractivity contribution in [3.63, 3.8) is 0 Å². The molecule has 0 spiro atoms. The highest BCUT2D eigenvalue weighted by Gasteiger charge is 2.23. The molecule has 0 radical (unpaired) electrons. The van der Waals surface area contributed by atoms with Gasteiger partial charge < -0.3 is 0 Å². The Balaban J connectivity index is 2.41. The molecule has 4 unspecified atom stereocenters. The van der Waals surface area contributed by atoms with Crippen LogP contribution in [0.1, 0.15) is 26.2 Å². The summed E-state index contributed by atoms with van der Waals surface area (Å²) >= 11 is 0. The third-order valence-electron chi connectivity index (χ3n) is 2.43. The molecule has 0 heterocycles. The van der Waals surface area contributed by atoms with Gasteiger partial charge in [0.15, 0.2) is 0 Å². The first-order chi connectivity index (χ1) is 4.22. The van der Waals surface area contributed by atoms with Crippen LogP contribution in [0.25, 0.3) is 0 Å². The van der Waals surface area contributed by atoms with Gasteiger partial charge in [0.05, 0.1) is 0 Å². The zero-order valence-corrected chi connectivity index (χ0v) is 8.32. The van der Waals surface area contributed by atoms with E-state index in [0.717, 1.165) is 17.2 Å². The van der Waals surface area contributed by atoms with Crippen molar-refractivity contribution in [2.75, 3.05) is 0 Å². The number of rotatable bonds is 0. The van der Waals surface area contributed by atoms with Crippen molar-refractivity contribution in [3.05, 3.63) is 0 Å². The zero-order valence-electron chi connectivity index (χ0n) is 6.01. The fraction of sp³-hybridized carbons (Fsp3) is 1.00. The predicted octanol–water partition coefficient (Wildman–Crippen LogP) is 2.29. The molecule has 1 rings (SSSR count). The SMILES string of the molecule is CC1C(P)CCCC1P. The van der Waals surface area contributed by atoms with Gasteiger partial charge in [0.2, 0.25) is 0 Å². The van der Waals surface area contributed by atoms with Gasteiger partial charge in [-0.1, -0.05) is 13.3 Å². The number of hydrogen-bond acceptors (Lipinski definition) is 0. The summed E-state index contributed by atoms with van der Waals surface area (Å²) in [6.07, 6.45) is 4.25. The van der Waals surface area contributed by atoms with Crippen molar-refractivity contribution in [1.29, 1.82) is 0 Å². The predicted molar refractivity (Wildman–Crippen MR) is 50.0 cm³/mol. The molecule has 0 N–H and O–H groups in total. The highest BCUT2D eigenvalue weighted by atomic mass is 31.0. The highest BCUT2D eigenvalue weighted by Crippen LogP contribution is 2.34. The van der Waals surface area contributed by atoms with Crippen molar-refractivity contribution in [2.24, 2.45) is 5.92 Å². The third kappa shape index (κ3) is 1.89. The van der Waals surface area contributed by atoms with E-state index in [2.05, 4.69) is 25.4 Å². The first-order valence-corrected chi connectivity index (χ1v) is 5.06. The molecule has 0 aromatic carbocycles. The van der Waals surface area contributed by atoms with E-state index >= 15 is 0 Å². The summed E-state index contributed by atoms with van der Waals surface area (Å²) in [7, 11) is 5.91. The van der Waals surface area contributed by atoms with E-state index in [1.807, 2.05) is 0 Å². The van der Waals surface area contributed by atoms with Crippen LogP contribution < -0.4 is 0 Å². The normalized spacial score (nSPS) is 45.0. The van der Waals surface area contributed by atoms with Crippen molar-refractivity contribution >= 4 is 18.5 Å². The van der Waals surface area contributed by atoms with Crippen LogP contribution in [-0.4, -0.2) is 11.3 Å². The van der Waals surface area contributed by atoms with Crippen LogP contribution in [0.2, 0.25) is 0 Å². The first-order valence-electron chi connectivity index (χ1n) is 3.73. The van der Waals surface area contributed by atoms with E-state index < -0.39 is 0 Å². The average molecular weight is 162 g/mol. The molecule has 0 aromatic rings. The second-order valence-corrected chi connectivity index (χ2v) is 4.83. The molecule has 0 aliphatic heterocycles. The molecule has 0 saturated heterocycles. The highest BCUT2D eigenvalue weighted by molar-refractivity contribution is 7.19. The Hall–Kier alpha value is 0.860. The maximum atomic E-state index is 2.96. The largest absolute Gasteiger partial charge is 0.134 e. The summed E-state index contributed by atoms with van der Waals surface area (Å²) in [4.78, 5) is 0. The lowest BCUT2D eigenvalue weighted by Crippen LogP contribution is -2.25. The summed E-state index contributed by atoms with van der Waals surface area (Å²) < 4.78 is 0. The monoisotopic (exact) mass is 162 g/mol. The molecule has 0 bridgehead atoms. The van der Waals surface area contributed by atoms with Crippen molar-refractivity contribution in [1.82, 2.24) is 0 Å². The smallest absolute Gasteiger partial charge is 0.0233 e. The van der Waals surface area contributed by atoms with Crippen molar-refractivity contribution in [2.45, 2.75) is 37.5 Å². The van der Waals surface area contributed by atoms with Crippen LogP contribution in [0.4, 0.5) is 0 Å². The van der Waals surface area contributed by atoms with Crippen molar-refractivity contribution < 1.29 is 0 Å². The Bertz CT molecular complexity index is 82.9. The zero-order chi connectivity index (χ0) is 6.85. The molecular formula is C7H16P2. The van der Waals surface area contributed by atoms with Gasteiger partial charge in [-0.2, -0.15) is 0 Å². The first kappa shape index (κ1) is 7.96. The van der Waals surface area contributed by atoms with E-state index in [1.54, 1.807) is 0 Å². The van der Waals surface area contributed by atoms with Crippen LogP contribution >= 0.6 is 18.5 Å². The maximum absolute atomic E-state index is 2.96. The van der Waals surface area contributed by atoms with Gasteiger partial charge in [-0.05, 0) is 30.1 Å². The fourth-order valence-corrected chi connectivity index (χ4v) is 2.73. The molecule has 4 atom stereocenters. The summed E-state index contributed by atoms with van der Waals surface area (Å²) in [6.45, 7) is 2.36. The van der Waals surface area contributed by atoms with Crippen molar-refractivity contribution in [3.8, 4) is 0 Å². The second kappa shape index (κ2) is 3.31. The lowest BCUT2D eigenvalue weighted by atomic mass is 9.90. The van der Waals surface area contributed by atoms with Gasteiger partial charge in [-0.3, -0.25) is 0 Å². The van der Waals surface area contributed by atoms with Gasteiger partial charge in [0.25, 0.3) is 0 Å². The standard InChI is InChI=1S/C7H16P2/c1-5-6(8)3-2-4-7(5)9/h5-7H,2-4,8-9H2,1H3. The lowest BCUT2D eigenvalue weighted by Gasteiger charge is -2.30. The summed E-state index contributed by atoms with van der Waals surface area (Å²) in [5.74, 6) is 0.897. The molecule has 2 heteroatoms. The van der Waals surface area contributed by atoms with Gasteiger partial charge in [-0.25, -0.2) is 0 Å². The van der Waals surface area contributed by atoms with Gasteiger partial charge in [0, 0.05) is 0 Å². The Kier molecular flexibility index (Phi) is 2.93. The molecular weight excluding hydrogens is 146 g/mol. The molecule has 0 amide bonds. The molecule has 54 valence electrons. The quantitative estimate of drug-likeness (QED) is 0.479. The van der Waals surface area contributed by atoms with Crippen LogP contribution in [-0.2, 0) is 0 Å².